The number of aromatic amines is 1. The van der Waals surface area contributed by atoms with Gasteiger partial charge in [-0.3, -0.25) is 14.9 Å². The number of carbonyl (C=O) groups excluding carboxylic acids is 1. The Kier molecular flexibility index (Phi) is 4.48. The van der Waals surface area contributed by atoms with Crippen molar-refractivity contribution in [3.8, 4) is 11.3 Å². The van der Waals surface area contributed by atoms with Gasteiger partial charge in [-0.1, -0.05) is 0 Å². The lowest BCUT2D eigenvalue weighted by Gasteiger charge is -2.31. The number of piperidine rings is 1. The van der Waals surface area contributed by atoms with Crippen LogP contribution in [0.4, 0.5) is 0 Å². The van der Waals surface area contributed by atoms with E-state index < -0.39 is 0 Å². The van der Waals surface area contributed by atoms with E-state index in [1.807, 2.05) is 17.0 Å². The maximum Gasteiger partial charge on any atom is 0.248 e. The largest absolute Gasteiger partial charge is 0.375 e. The second-order valence-electron chi connectivity index (χ2n) is 5.53. The maximum atomic E-state index is 11.8. The number of aromatic nitrogens is 3. The lowest BCUT2D eigenvalue weighted by Crippen LogP contribution is -2.39. The topological polar surface area (TPSA) is 71.1 Å². The van der Waals surface area contributed by atoms with Gasteiger partial charge in [0.1, 0.15) is 6.61 Å². The summed E-state index contributed by atoms with van der Waals surface area (Å²) < 4.78 is 4.91. The van der Waals surface area contributed by atoms with Crippen LogP contribution in [0.2, 0.25) is 0 Å². The summed E-state index contributed by atoms with van der Waals surface area (Å²) in [5.74, 6) is 0.498. The van der Waals surface area contributed by atoms with E-state index in [1.165, 1.54) is 0 Å². The summed E-state index contributed by atoms with van der Waals surface area (Å²) in [4.78, 5) is 17.7. The maximum absolute atomic E-state index is 11.8. The zero-order chi connectivity index (χ0) is 15.4. The minimum absolute atomic E-state index is 0.0723. The van der Waals surface area contributed by atoms with Crippen LogP contribution in [0.3, 0.4) is 0 Å². The molecule has 0 spiro atoms. The van der Waals surface area contributed by atoms with E-state index in [4.69, 9.17) is 4.74 Å². The molecular formula is C16H20N4O2. The molecule has 0 bridgehead atoms. The summed E-state index contributed by atoms with van der Waals surface area (Å²) in [5.41, 5.74) is 3.14. The average molecular weight is 300 g/mol. The summed E-state index contributed by atoms with van der Waals surface area (Å²) in [5, 5.41) is 7.54. The average Bonchev–Trinajstić information content (AvgIpc) is 3.06. The first-order valence-electron chi connectivity index (χ1n) is 7.50. The number of likely N-dealkylation sites (tertiary alicyclic amines) is 1. The molecule has 0 aromatic carbocycles. The summed E-state index contributed by atoms with van der Waals surface area (Å²) in [6.07, 6.45) is 5.44. The number of pyridine rings is 1. The fourth-order valence-corrected chi connectivity index (χ4v) is 2.87. The summed E-state index contributed by atoms with van der Waals surface area (Å²) in [7, 11) is 1.55. The second-order valence-corrected chi connectivity index (χ2v) is 5.53. The molecule has 6 nitrogen and oxygen atoms in total. The van der Waals surface area contributed by atoms with Gasteiger partial charge in [0.15, 0.2) is 0 Å². The molecule has 1 N–H and O–H groups in total. The lowest BCUT2D eigenvalue weighted by atomic mass is 9.93. The number of hydrogen-bond acceptors (Lipinski definition) is 4. The van der Waals surface area contributed by atoms with Crippen molar-refractivity contribution in [2.75, 3.05) is 26.8 Å². The van der Waals surface area contributed by atoms with E-state index in [0.717, 1.165) is 42.9 Å². The Balaban J connectivity index is 1.63. The third kappa shape index (κ3) is 3.17. The van der Waals surface area contributed by atoms with Crippen molar-refractivity contribution in [2.24, 2.45) is 0 Å². The Morgan fingerprint density at radius 2 is 2.09 bits per heavy atom. The Morgan fingerprint density at radius 1 is 1.36 bits per heavy atom. The minimum Gasteiger partial charge on any atom is -0.375 e. The molecule has 3 heterocycles. The van der Waals surface area contributed by atoms with Gasteiger partial charge in [-0.05, 0) is 31.0 Å². The van der Waals surface area contributed by atoms with Crippen LogP contribution in [0.25, 0.3) is 11.3 Å². The summed E-state index contributed by atoms with van der Waals surface area (Å²) >= 11 is 0. The first-order valence-corrected chi connectivity index (χ1v) is 7.50. The number of amides is 1. The monoisotopic (exact) mass is 300 g/mol. The molecule has 2 aromatic rings. The number of nitrogens with zero attached hydrogens (tertiary/aromatic N) is 3. The van der Waals surface area contributed by atoms with Gasteiger partial charge in [0.05, 0.1) is 5.69 Å². The Bertz CT molecular complexity index is 618. The highest BCUT2D eigenvalue weighted by Crippen LogP contribution is 2.29. The number of rotatable bonds is 4. The van der Waals surface area contributed by atoms with E-state index in [2.05, 4.69) is 21.2 Å². The van der Waals surface area contributed by atoms with Crippen molar-refractivity contribution < 1.29 is 9.53 Å². The number of nitrogens with one attached hydrogen (secondary N) is 1. The number of ether oxygens (including phenoxy) is 1. The Morgan fingerprint density at radius 3 is 2.77 bits per heavy atom. The van der Waals surface area contributed by atoms with Crippen LogP contribution in [0, 0.1) is 0 Å². The van der Waals surface area contributed by atoms with Gasteiger partial charge in [-0.25, -0.2) is 0 Å². The molecule has 1 fully saturated rings. The number of methoxy groups -OCH3 is 1. The molecule has 1 aliphatic rings. The minimum atomic E-state index is 0.0723. The van der Waals surface area contributed by atoms with Crippen LogP contribution in [0.5, 0.6) is 0 Å². The predicted molar refractivity (Wildman–Crippen MR) is 82.2 cm³/mol. The van der Waals surface area contributed by atoms with E-state index in [0.29, 0.717) is 5.92 Å². The van der Waals surface area contributed by atoms with Crippen LogP contribution >= 0.6 is 0 Å². The SMILES string of the molecule is COCC(=O)N1CCC(c2cc(-c3ccncc3)n[nH]2)CC1. The third-order valence-corrected chi connectivity index (χ3v) is 4.13. The number of hydrogen-bond donors (Lipinski definition) is 1. The molecule has 0 aliphatic carbocycles. The van der Waals surface area contributed by atoms with Crippen molar-refractivity contribution in [2.45, 2.75) is 18.8 Å². The summed E-state index contributed by atoms with van der Waals surface area (Å²) in [6, 6.07) is 6.00. The highest BCUT2D eigenvalue weighted by atomic mass is 16.5. The molecule has 1 aliphatic heterocycles. The molecule has 3 rings (SSSR count). The lowest BCUT2D eigenvalue weighted by molar-refractivity contribution is -0.136. The Hall–Kier alpha value is -2.21. The second kappa shape index (κ2) is 6.70. The third-order valence-electron chi connectivity index (χ3n) is 4.13. The van der Waals surface area contributed by atoms with Crippen molar-refractivity contribution in [3.05, 3.63) is 36.3 Å². The molecule has 1 saturated heterocycles. The van der Waals surface area contributed by atoms with Crippen molar-refractivity contribution in [3.63, 3.8) is 0 Å². The molecule has 0 radical (unpaired) electrons. The van der Waals surface area contributed by atoms with Crippen LogP contribution in [-0.4, -0.2) is 52.8 Å². The van der Waals surface area contributed by atoms with Gasteiger partial charge in [-0.2, -0.15) is 5.10 Å². The van der Waals surface area contributed by atoms with Gasteiger partial charge in [0, 0.05) is 49.8 Å². The molecule has 2 aromatic heterocycles. The first-order chi connectivity index (χ1) is 10.8. The van der Waals surface area contributed by atoms with E-state index in [1.54, 1.807) is 19.5 Å². The van der Waals surface area contributed by atoms with E-state index in [9.17, 15) is 4.79 Å². The Labute approximate surface area is 129 Å². The molecule has 1 amide bonds. The van der Waals surface area contributed by atoms with Crippen LogP contribution in [0.1, 0.15) is 24.5 Å². The smallest absolute Gasteiger partial charge is 0.248 e. The quantitative estimate of drug-likeness (QED) is 0.935. The standard InChI is InChI=1S/C16H20N4O2/c1-22-11-16(21)20-8-4-13(5-9-20)15-10-14(18-19-15)12-2-6-17-7-3-12/h2-3,6-7,10,13H,4-5,8-9,11H2,1H3,(H,18,19). The first kappa shape index (κ1) is 14.7. The van der Waals surface area contributed by atoms with Crippen LogP contribution in [0.15, 0.2) is 30.6 Å². The molecule has 6 heteroatoms. The number of carbonyl (C=O) groups is 1. The molecule has 22 heavy (non-hydrogen) atoms. The number of H-pyrrole nitrogens is 1. The fourth-order valence-electron chi connectivity index (χ4n) is 2.87. The molecule has 0 atom stereocenters. The van der Waals surface area contributed by atoms with Gasteiger partial charge >= 0.3 is 0 Å². The van der Waals surface area contributed by atoms with E-state index >= 15 is 0 Å². The predicted octanol–water partition coefficient (Wildman–Crippen LogP) is 1.82. The van der Waals surface area contributed by atoms with Gasteiger partial charge in [0.2, 0.25) is 5.91 Å². The van der Waals surface area contributed by atoms with Gasteiger partial charge < -0.3 is 9.64 Å². The van der Waals surface area contributed by atoms with Gasteiger partial charge in [0.25, 0.3) is 0 Å². The molecular weight excluding hydrogens is 280 g/mol. The normalized spacial score (nSPS) is 16.0. The van der Waals surface area contributed by atoms with Crippen molar-refractivity contribution >= 4 is 5.91 Å². The van der Waals surface area contributed by atoms with Crippen molar-refractivity contribution in [1.29, 1.82) is 0 Å². The zero-order valence-corrected chi connectivity index (χ0v) is 12.7. The van der Waals surface area contributed by atoms with Crippen LogP contribution < -0.4 is 0 Å². The molecule has 0 saturated carbocycles. The van der Waals surface area contributed by atoms with Crippen molar-refractivity contribution in [1.82, 2.24) is 20.1 Å². The summed E-state index contributed by atoms with van der Waals surface area (Å²) in [6.45, 7) is 1.72. The zero-order valence-electron chi connectivity index (χ0n) is 12.7. The molecule has 0 unspecified atom stereocenters. The highest BCUT2D eigenvalue weighted by molar-refractivity contribution is 5.77. The molecule has 116 valence electrons. The van der Waals surface area contributed by atoms with Crippen LogP contribution in [-0.2, 0) is 9.53 Å². The van der Waals surface area contributed by atoms with E-state index in [-0.39, 0.29) is 12.5 Å². The fraction of sp³-hybridized carbons (Fsp3) is 0.438. The highest BCUT2D eigenvalue weighted by Gasteiger charge is 2.24. The van der Waals surface area contributed by atoms with Gasteiger partial charge in [-0.15, -0.1) is 0 Å².